The van der Waals surface area contributed by atoms with Crippen molar-refractivity contribution in [3.63, 3.8) is 0 Å². The van der Waals surface area contributed by atoms with Crippen LogP contribution in [0.4, 0.5) is 5.69 Å². The van der Waals surface area contributed by atoms with Crippen LogP contribution in [0, 0.1) is 0 Å². The van der Waals surface area contributed by atoms with E-state index in [0.29, 0.717) is 22.7 Å². The highest BCUT2D eigenvalue weighted by atomic mass is 32.2. The van der Waals surface area contributed by atoms with E-state index in [-0.39, 0.29) is 18.2 Å². The molecule has 0 unspecified atom stereocenters. The summed E-state index contributed by atoms with van der Waals surface area (Å²) in [5.41, 5.74) is 2.44. The second-order valence-corrected chi connectivity index (χ2v) is 7.68. The van der Waals surface area contributed by atoms with Gasteiger partial charge in [0.2, 0.25) is 11.7 Å². The number of anilines is 1. The standard InChI is InChI=1S/C24H20N2O3S/c1-29-24-19-14-8-9-15-20(19)30-26(16-21(27)25-18-12-6-3-7-13-18)22(24)23(28)17-10-4-2-5-11-17/h2-15H,16H2,1H3,(H,25,27). The van der Waals surface area contributed by atoms with Crippen LogP contribution >= 0.6 is 11.9 Å². The first-order valence-corrected chi connectivity index (χ1v) is 10.2. The highest BCUT2D eigenvalue weighted by molar-refractivity contribution is 7.97. The van der Waals surface area contributed by atoms with Gasteiger partial charge in [0.05, 0.1) is 7.11 Å². The third-order valence-corrected chi connectivity index (χ3v) is 5.69. The molecule has 3 aromatic carbocycles. The number of allylic oxidation sites excluding steroid dienone is 1. The first-order chi connectivity index (χ1) is 14.7. The molecule has 0 saturated carbocycles. The lowest BCUT2D eigenvalue weighted by Gasteiger charge is -2.31. The number of amides is 1. The number of ketones is 1. The van der Waals surface area contributed by atoms with E-state index >= 15 is 0 Å². The molecule has 1 N–H and O–H groups in total. The number of nitrogens with one attached hydrogen (secondary N) is 1. The smallest absolute Gasteiger partial charge is 0.244 e. The topological polar surface area (TPSA) is 58.6 Å². The highest BCUT2D eigenvalue weighted by Crippen LogP contribution is 2.42. The molecule has 0 bridgehead atoms. The van der Waals surface area contributed by atoms with Gasteiger partial charge in [-0.25, -0.2) is 0 Å². The van der Waals surface area contributed by atoms with E-state index in [4.69, 9.17) is 4.74 Å². The minimum atomic E-state index is -0.220. The first kappa shape index (κ1) is 19.8. The summed E-state index contributed by atoms with van der Waals surface area (Å²) in [5.74, 6) is 0.0505. The molecule has 0 saturated heterocycles. The molecule has 1 aliphatic rings. The number of rotatable bonds is 6. The van der Waals surface area contributed by atoms with Crippen molar-refractivity contribution in [1.82, 2.24) is 4.31 Å². The molecule has 3 aromatic rings. The number of nitrogens with zero attached hydrogens (tertiary/aromatic N) is 1. The quantitative estimate of drug-likeness (QED) is 0.460. The van der Waals surface area contributed by atoms with E-state index in [0.717, 1.165) is 10.5 Å². The number of para-hydroxylation sites is 1. The molecular weight excluding hydrogens is 396 g/mol. The van der Waals surface area contributed by atoms with Crippen LogP contribution in [-0.4, -0.2) is 29.7 Å². The van der Waals surface area contributed by atoms with Gasteiger partial charge in [-0.15, -0.1) is 0 Å². The van der Waals surface area contributed by atoms with Crippen molar-refractivity contribution in [3.8, 4) is 0 Å². The molecule has 5 nitrogen and oxygen atoms in total. The van der Waals surface area contributed by atoms with Crippen LogP contribution in [0.25, 0.3) is 5.76 Å². The van der Waals surface area contributed by atoms with Gasteiger partial charge in [-0.1, -0.05) is 60.7 Å². The number of methoxy groups -OCH3 is 1. The minimum absolute atomic E-state index is 0.00530. The average Bonchev–Trinajstić information content (AvgIpc) is 2.79. The van der Waals surface area contributed by atoms with Crippen LogP contribution in [0.2, 0.25) is 0 Å². The third kappa shape index (κ3) is 4.09. The van der Waals surface area contributed by atoms with Gasteiger partial charge in [0.15, 0.2) is 5.76 Å². The second kappa shape index (κ2) is 8.88. The van der Waals surface area contributed by atoms with E-state index < -0.39 is 0 Å². The Kier molecular flexibility index (Phi) is 5.86. The Labute approximate surface area is 179 Å². The maximum atomic E-state index is 13.4. The van der Waals surface area contributed by atoms with E-state index in [2.05, 4.69) is 5.32 Å². The highest BCUT2D eigenvalue weighted by Gasteiger charge is 2.33. The number of carbonyl (C=O) groups is 2. The van der Waals surface area contributed by atoms with Crippen molar-refractivity contribution in [2.45, 2.75) is 4.90 Å². The third-order valence-electron chi connectivity index (χ3n) is 4.60. The van der Waals surface area contributed by atoms with Crippen LogP contribution in [-0.2, 0) is 9.53 Å². The Morgan fingerprint density at radius 2 is 1.53 bits per heavy atom. The number of Topliss-reactive ketones (excluding diaryl/α,β-unsaturated/α-hetero) is 1. The van der Waals surface area contributed by atoms with E-state index in [1.165, 1.54) is 11.9 Å². The van der Waals surface area contributed by atoms with Gasteiger partial charge in [0.25, 0.3) is 0 Å². The van der Waals surface area contributed by atoms with Gasteiger partial charge < -0.3 is 10.1 Å². The SMILES string of the molecule is COC1=C(C(=O)c2ccccc2)N(CC(=O)Nc2ccccc2)Sc2ccccc21. The van der Waals surface area contributed by atoms with Crippen LogP contribution < -0.4 is 5.32 Å². The second-order valence-electron chi connectivity index (χ2n) is 6.62. The fourth-order valence-electron chi connectivity index (χ4n) is 3.25. The summed E-state index contributed by atoms with van der Waals surface area (Å²) in [6.07, 6.45) is 0. The zero-order valence-electron chi connectivity index (χ0n) is 16.4. The van der Waals surface area contributed by atoms with E-state index in [1.54, 1.807) is 23.5 Å². The lowest BCUT2D eigenvalue weighted by molar-refractivity contribution is -0.116. The first-order valence-electron chi connectivity index (χ1n) is 9.45. The number of fused-ring (bicyclic) bond motifs is 1. The Morgan fingerprint density at radius 3 is 2.23 bits per heavy atom. The van der Waals surface area contributed by atoms with E-state index in [1.807, 2.05) is 72.8 Å². The molecule has 1 amide bonds. The summed E-state index contributed by atoms with van der Waals surface area (Å²) < 4.78 is 7.38. The summed E-state index contributed by atoms with van der Waals surface area (Å²) in [5, 5.41) is 2.88. The maximum Gasteiger partial charge on any atom is 0.244 e. The van der Waals surface area contributed by atoms with Crippen molar-refractivity contribution in [1.29, 1.82) is 0 Å². The monoisotopic (exact) mass is 416 g/mol. The van der Waals surface area contributed by atoms with Gasteiger partial charge >= 0.3 is 0 Å². The van der Waals surface area contributed by atoms with Crippen molar-refractivity contribution in [3.05, 3.63) is 102 Å². The molecule has 6 heteroatoms. The van der Waals surface area contributed by atoms with Crippen molar-refractivity contribution >= 4 is 35.1 Å². The summed E-state index contributed by atoms with van der Waals surface area (Å²) in [4.78, 5) is 27.1. The normalized spacial score (nSPS) is 12.9. The largest absolute Gasteiger partial charge is 0.494 e. The molecule has 4 rings (SSSR count). The van der Waals surface area contributed by atoms with Gasteiger partial charge in [-0.2, -0.15) is 0 Å². The van der Waals surface area contributed by atoms with Crippen molar-refractivity contribution in [2.75, 3.05) is 19.0 Å². The van der Waals surface area contributed by atoms with E-state index in [9.17, 15) is 9.59 Å². The molecule has 1 heterocycles. The summed E-state index contributed by atoms with van der Waals surface area (Å²) in [7, 11) is 1.54. The fraction of sp³-hybridized carbons (Fsp3) is 0.0833. The zero-order chi connectivity index (χ0) is 20.9. The lowest BCUT2D eigenvalue weighted by atomic mass is 10.0. The molecule has 0 aliphatic carbocycles. The number of carbonyl (C=O) groups excluding carboxylic acids is 2. The van der Waals surface area contributed by atoms with Gasteiger partial charge in [-0.3, -0.25) is 13.9 Å². The van der Waals surface area contributed by atoms with Gasteiger partial charge in [0, 0.05) is 21.7 Å². The van der Waals surface area contributed by atoms with Crippen molar-refractivity contribution in [2.24, 2.45) is 0 Å². The van der Waals surface area contributed by atoms with Gasteiger partial charge in [0.1, 0.15) is 12.2 Å². The maximum absolute atomic E-state index is 13.4. The fourth-order valence-corrected chi connectivity index (χ4v) is 4.33. The molecular formula is C24H20N2O3S. The Balaban J connectivity index is 1.71. The summed E-state index contributed by atoms with van der Waals surface area (Å²) >= 11 is 1.36. The molecule has 0 fully saturated rings. The van der Waals surface area contributed by atoms with Crippen molar-refractivity contribution < 1.29 is 14.3 Å². The minimum Gasteiger partial charge on any atom is -0.494 e. The predicted molar refractivity (Wildman–Crippen MR) is 119 cm³/mol. The number of benzene rings is 3. The molecule has 150 valence electrons. The molecule has 0 aromatic heterocycles. The van der Waals surface area contributed by atoms with Crippen LogP contribution in [0.5, 0.6) is 0 Å². The van der Waals surface area contributed by atoms with Crippen LogP contribution in [0.3, 0.4) is 0 Å². The zero-order valence-corrected chi connectivity index (χ0v) is 17.2. The average molecular weight is 417 g/mol. The predicted octanol–water partition coefficient (Wildman–Crippen LogP) is 4.85. The molecule has 0 radical (unpaired) electrons. The number of hydrogen-bond donors (Lipinski definition) is 1. The summed E-state index contributed by atoms with van der Waals surface area (Å²) in [6, 6.07) is 25.9. The molecule has 0 atom stereocenters. The molecule has 0 spiro atoms. The van der Waals surface area contributed by atoms with Crippen LogP contribution in [0.1, 0.15) is 15.9 Å². The number of hydrogen-bond acceptors (Lipinski definition) is 5. The molecule has 30 heavy (non-hydrogen) atoms. The Morgan fingerprint density at radius 1 is 0.900 bits per heavy atom. The molecule has 1 aliphatic heterocycles. The number of ether oxygens (including phenoxy) is 1. The lowest BCUT2D eigenvalue weighted by Crippen LogP contribution is -2.33. The summed E-state index contributed by atoms with van der Waals surface area (Å²) in [6.45, 7) is -0.00530. The Bertz CT molecular complexity index is 1100. The Hall–Kier alpha value is -3.51. The van der Waals surface area contributed by atoms with Crippen LogP contribution in [0.15, 0.2) is 95.5 Å². The van der Waals surface area contributed by atoms with Gasteiger partial charge in [-0.05, 0) is 36.2 Å².